The van der Waals surface area contributed by atoms with Gasteiger partial charge in [0.15, 0.2) is 0 Å². The summed E-state index contributed by atoms with van der Waals surface area (Å²) in [5.41, 5.74) is 1.02. The highest BCUT2D eigenvalue weighted by Gasteiger charge is 2.44. The normalized spacial score (nSPS) is 28.1. The molecular formula is C17H22N2O3S. The SMILES string of the molecule is Cc1nc(CO[C@@H]2CN(Cc3ccco3)[C@@H]3CCCO[C@@H]32)cs1. The van der Waals surface area contributed by atoms with Gasteiger partial charge in [-0.25, -0.2) is 4.98 Å². The van der Waals surface area contributed by atoms with Gasteiger partial charge in [-0.05, 0) is 31.9 Å². The fraction of sp³-hybridized carbons (Fsp3) is 0.588. The zero-order valence-electron chi connectivity index (χ0n) is 13.3. The fourth-order valence-electron chi connectivity index (χ4n) is 3.60. The third-order valence-electron chi connectivity index (χ3n) is 4.63. The highest BCUT2D eigenvalue weighted by Crippen LogP contribution is 2.32. The van der Waals surface area contributed by atoms with Crippen molar-refractivity contribution in [3.8, 4) is 0 Å². The molecule has 2 fully saturated rings. The molecule has 4 heterocycles. The molecule has 0 aromatic carbocycles. The molecule has 0 saturated carbocycles. The summed E-state index contributed by atoms with van der Waals surface area (Å²) in [6, 6.07) is 4.40. The Bertz CT molecular complexity index is 628. The minimum absolute atomic E-state index is 0.109. The van der Waals surface area contributed by atoms with Crippen LogP contribution >= 0.6 is 11.3 Å². The van der Waals surface area contributed by atoms with E-state index >= 15 is 0 Å². The molecule has 6 heteroatoms. The number of rotatable bonds is 5. The molecule has 3 atom stereocenters. The van der Waals surface area contributed by atoms with Gasteiger partial charge in [-0.3, -0.25) is 4.90 Å². The van der Waals surface area contributed by atoms with Crippen LogP contribution < -0.4 is 0 Å². The number of furan rings is 1. The van der Waals surface area contributed by atoms with Gasteiger partial charge in [0, 0.05) is 24.6 Å². The largest absolute Gasteiger partial charge is 0.468 e. The second-order valence-electron chi connectivity index (χ2n) is 6.26. The number of hydrogen-bond donors (Lipinski definition) is 0. The van der Waals surface area contributed by atoms with Gasteiger partial charge in [-0.15, -0.1) is 11.3 Å². The average Bonchev–Trinajstić information content (AvgIpc) is 3.28. The van der Waals surface area contributed by atoms with Crippen LogP contribution in [0.15, 0.2) is 28.2 Å². The van der Waals surface area contributed by atoms with Crippen LogP contribution in [0.3, 0.4) is 0 Å². The Kier molecular flexibility index (Phi) is 4.48. The molecule has 124 valence electrons. The van der Waals surface area contributed by atoms with Crippen LogP contribution in [-0.4, -0.2) is 41.3 Å². The number of thiazole rings is 1. The van der Waals surface area contributed by atoms with E-state index in [4.69, 9.17) is 13.9 Å². The lowest BCUT2D eigenvalue weighted by molar-refractivity contribution is -0.0824. The number of hydrogen-bond acceptors (Lipinski definition) is 6. The number of aryl methyl sites for hydroxylation is 1. The van der Waals surface area contributed by atoms with Crippen molar-refractivity contribution in [2.45, 2.75) is 51.2 Å². The van der Waals surface area contributed by atoms with E-state index in [1.165, 1.54) is 6.42 Å². The van der Waals surface area contributed by atoms with Crippen LogP contribution in [0.2, 0.25) is 0 Å². The first kappa shape index (κ1) is 15.3. The topological polar surface area (TPSA) is 47.7 Å². The van der Waals surface area contributed by atoms with Gasteiger partial charge in [-0.1, -0.05) is 0 Å². The summed E-state index contributed by atoms with van der Waals surface area (Å²) in [4.78, 5) is 6.92. The predicted molar refractivity (Wildman–Crippen MR) is 87.3 cm³/mol. The third-order valence-corrected chi connectivity index (χ3v) is 5.46. The monoisotopic (exact) mass is 334 g/mol. The lowest BCUT2D eigenvalue weighted by Gasteiger charge is -2.31. The minimum atomic E-state index is 0.109. The first-order valence-corrected chi connectivity index (χ1v) is 9.08. The van der Waals surface area contributed by atoms with E-state index < -0.39 is 0 Å². The maximum Gasteiger partial charge on any atom is 0.117 e. The van der Waals surface area contributed by atoms with E-state index in [0.717, 1.165) is 42.6 Å². The summed E-state index contributed by atoms with van der Waals surface area (Å²) in [6.45, 7) is 5.14. The van der Waals surface area contributed by atoms with E-state index in [0.29, 0.717) is 12.6 Å². The smallest absolute Gasteiger partial charge is 0.117 e. The molecule has 0 aliphatic carbocycles. The van der Waals surface area contributed by atoms with Gasteiger partial charge in [0.2, 0.25) is 0 Å². The lowest BCUT2D eigenvalue weighted by Crippen LogP contribution is -2.41. The van der Waals surface area contributed by atoms with Crippen LogP contribution in [-0.2, 0) is 22.6 Å². The fourth-order valence-corrected chi connectivity index (χ4v) is 4.20. The first-order valence-electron chi connectivity index (χ1n) is 8.20. The zero-order chi connectivity index (χ0) is 15.6. The molecule has 2 aliphatic heterocycles. The molecule has 0 bridgehead atoms. The Labute approximate surface area is 140 Å². The van der Waals surface area contributed by atoms with Crippen molar-refractivity contribution in [1.29, 1.82) is 0 Å². The van der Waals surface area contributed by atoms with E-state index in [9.17, 15) is 0 Å². The highest BCUT2D eigenvalue weighted by atomic mass is 32.1. The Balaban J connectivity index is 1.42. The molecule has 0 unspecified atom stereocenters. The average molecular weight is 334 g/mol. The maximum atomic E-state index is 6.17. The zero-order valence-corrected chi connectivity index (χ0v) is 14.1. The second-order valence-corrected chi connectivity index (χ2v) is 7.32. The van der Waals surface area contributed by atoms with Crippen molar-refractivity contribution in [3.63, 3.8) is 0 Å². The van der Waals surface area contributed by atoms with Gasteiger partial charge < -0.3 is 13.9 Å². The van der Waals surface area contributed by atoms with Gasteiger partial charge >= 0.3 is 0 Å². The molecule has 2 saturated heterocycles. The van der Waals surface area contributed by atoms with Crippen molar-refractivity contribution >= 4 is 11.3 Å². The van der Waals surface area contributed by atoms with Gasteiger partial charge in [-0.2, -0.15) is 0 Å². The van der Waals surface area contributed by atoms with Crippen molar-refractivity contribution in [2.24, 2.45) is 0 Å². The van der Waals surface area contributed by atoms with E-state index in [2.05, 4.69) is 15.3 Å². The van der Waals surface area contributed by atoms with E-state index in [1.54, 1.807) is 17.6 Å². The number of nitrogens with zero attached hydrogens (tertiary/aromatic N) is 2. The van der Waals surface area contributed by atoms with Crippen LogP contribution in [0.1, 0.15) is 29.3 Å². The summed E-state index contributed by atoms with van der Waals surface area (Å²) in [5.74, 6) is 1.00. The predicted octanol–water partition coefficient (Wildman–Crippen LogP) is 2.99. The molecule has 2 aliphatic rings. The molecule has 2 aromatic heterocycles. The Morgan fingerprint density at radius 3 is 3.22 bits per heavy atom. The molecule has 2 aromatic rings. The van der Waals surface area contributed by atoms with Gasteiger partial charge in [0.1, 0.15) is 11.9 Å². The molecule has 5 nitrogen and oxygen atoms in total. The summed E-state index contributed by atoms with van der Waals surface area (Å²) in [5, 5.41) is 3.16. The summed E-state index contributed by atoms with van der Waals surface area (Å²) >= 11 is 1.67. The Morgan fingerprint density at radius 1 is 1.48 bits per heavy atom. The van der Waals surface area contributed by atoms with E-state index in [1.807, 2.05) is 19.1 Å². The number of fused-ring (bicyclic) bond motifs is 1. The number of ether oxygens (including phenoxy) is 2. The van der Waals surface area contributed by atoms with E-state index in [-0.39, 0.29) is 12.2 Å². The molecule has 23 heavy (non-hydrogen) atoms. The maximum absolute atomic E-state index is 6.17. The molecular weight excluding hydrogens is 312 g/mol. The molecule has 0 spiro atoms. The van der Waals surface area contributed by atoms with Crippen LogP contribution in [0.25, 0.3) is 0 Å². The number of likely N-dealkylation sites (tertiary alicyclic amines) is 1. The van der Waals surface area contributed by atoms with Crippen LogP contribution in [0, 0.1) is 6.92 Å². The standard InChI is InChI=1S/C17H22N2O3S/c1-12-18-13(11-23-12)10-22-16-9-19(8-14-4-2-6-20-14)15-5-3-7-21-17(15)16/h2,4,6,11,15-17H,3,5,7-10H2,1H3/t15-,16-,17+/m1/s1. The van der Waals surface area contributed by atoms with Crippen LogP contribution in [0.4, 0.5) is 0 Å². The minimum Gasteiger partial charge on any atom is -0.468 e. The highest BCUT2D eigenvalue weighted by molar-refractivity contribution is 7.09. The summed E-state index contributed by atoms with van der Waals surface area (Å²) in [6.07, 6.45) is 4.30. The van der Waals surface area contributed by atoms with Gasteiger partial charge in [0.05, 0.1) is 36.2 Å². The number of aromatic nitrogens is 1. The quantitative estimate of drug-likeness (QED) is 0.841. The van der Waals surface area contributed by atoms with Crippen molar-refractivity contribution in [3.05, 3.63) is 40.2 Å². The lowest BCUT2D eigenvalue weighted by atomic mass is 10.0. The van der Waals surface area contributed by atoms with Crippen LogP contribution in [0.5, 0.6) is 0 Å². The Hall–Kier alpha value is -1.21. The first-order chi connectivity index (χ1) is 11.3. The molecule has 0 radical (unpaired) electrons. The molecule has 0 amide bonds. The molecule has 0 N–H and O–H groups in total. The van der Waals surface area contributed by atoms with Gasteiger partial charge in [0.25, 0.3) is 0 Å². The second kappa shape index (κ2) is 6.73. The summed E-state index contributed by atoms with van der Waals surface area (Å²) < 4.78 is 17.7. The van der Waals surface area contributed by atoms with Crippen molar-refractivity contribution in [2.75, 3.05) is 13.2 Å². The Morgan fingerprint density at radius 2 is 2.43 bits per heavy atom. The molecule has 4 rings (SSSR count). The van der Waals surface area contributed by atoms with Crippen molar-refractivity contribution < 1.29 is 13.9 Å². The summed E-state index contributed by atoms with van der Waals surface area (Å²) in [7, 11) is 0. The third kappa shape index (κ3) is 3.35. The van der Waals surface area contributed by atoms with Crippen molar-refractivity contribution in [1.82, 2.24) is 9.88 Å².